The lowest BCUT2D eigenvalue weighted by Gasteiger charge is -2.18. The molecular weight excluding hydrogens is 340 g/mol. The number of fused-ring (bicyclic) bond motifs is 2. The molecule has 0 amide bonds. The molecule has 2 heterocycles. The zero-order chi connectivity index (χ0) is 17.5. The maximum absolute atomic E-state index is 6.91. The number of pyridine rings is 1. The quantitative estimate of drug-likeness (QED) is 0.679. The van der Waals surface area contributed by atoms with E-state index < -0.39 is 0 Å². The van der Waals surface area contributed by atoms with Crippen LogP contribution in [0.15, 0.2) is 48.5 Å². The summed E-state index contributed by atoms with van der Waals surface area (Å²) in [5.41, 5.74) is 9.86. The fourth-order valence-electron chi connectivity index (χ4n) is 4.30. The highest BCUT2D eigenvalue weighted by atomic mass is 35.5. The maximum Gasteiger partial charge on any atom is 0.0720 e. The van der Waals surface area contributed by atoms with Gasteiger partial charge >= 0.3 is 0 Å². The lowest BCUT2D eigenvalue weighted by atomic mass is 9.94. The molecule has 3 heteroatoms. The van der Waals surface area contributed by atoms with Crippen molar-refractivity contribution in [2.45, 2.75) is 32.2 Å². The smallest absolute Gasteiger partial charge is 0.0720 e. The molecule has 1 aliphatic heterocycles. The maximum atomic E-state index is 6.91. The van der Waals surface area contributed by atoms with Gasteiger partial charge in [0.05, 0.1) is 10.7 Å². The van der Waals surface area contributed by atoms with Crippen molar-refractivity contribution in [1.29, 1.82) is 0 Å². The SMILES string of the molecule is Clc1c(-c2ccc3c(n2)CCNC3)cccc1-c1cccc2c1CCC2. The molecule has 3 aromatic rings. The van der Waals surface area contributed by atoms with Crippen molar-refractivity contribution >= 4 is 11.6 Å². The molecule has 0 fully saturated rings. The number of hydrogen-bond donors (Lipinski definition) is 1. The predicted molar refractivity (Wildman–Crippen MR) is 108 cm³/mol. The Hall–Kier alpha value is -2.16. The summed E-state index contributed by atoms with van der Waals surface area (Å²) in [6.45, 7) is 1.90. The molecule has 2 aliphatic rings. The van der Waals surface area contributed by atoms with E-state index in [9.17, 15) is 0 Å². The molecule has 0 saturated carbocycles. The van der Waals surface area contributed by atoms with Crippen LogP contribution in [0.3, 0.4) is 0 Å². The summed E-state index contributed by atoms with van der Waals surface area (Å²) in [5, 5.41) is 4.21. The second-order valence-corrected chi connectivity index (χ2v) is 7.57. The number of aryl methyl sites for hydroxylation is 1. The van der Waals surface area contributed by atoms with Crippen LogP contribution in [-0.2, 0) is 25.8 Å². The molecule has 5 rings (SSSR count). The van der Waals surface area contributed by atoms with Crippen LogP contribution in [-0.4, -0.2) is 11.5 Å². The molecule has 0 bridgehead atoms. The van der Waals surface area contributed by atoms with Crippen molar-refractivity contribution < 1.29 is 0 Å². The zero-order valence-corrected chi connectivity index (χ0v) is 15.4. The highest BCUT2D eigenvalue weighted by Gasteiger charge is 2.19. The second-order valence-electron chi connectivity index (χ2n) is 7.19. The fourth-order valence-corrected chi connectivity index (χ4v) is 4.62. The molecule has 130 valence electrons. The number of hydrogen-bond acceptors (Lipinski definition) is 2. The van der Waals surface area contributed by atoms with Gasteiger partial charge in [0, 0.05) is 36.3 Å². The number of halogens is 1. The van der Waals surface area contributed by atoms with Crippen LogP contribution in [0.4, 0.5) is 0 Å². The van der Waals surface area contributed by atoms with Crippen molar-refractivity contribution in [2.75, 3.05) is 6.54 Å². The average Bonchev–Trinajstić information content (AvgIpc) is 3.17. The van der Waals surface area contributed by atoms with Gasteiger partial charge in [-0.3, -0.25) is 4.98 Å². The van der Waals surface area contributed by atoms with Crippen LogP contribution in [0, 0.1) is 0 Å². The highest BCUT2D eigenvalue weighted by molar-refractivity contribution is 6.36. The van der Waals surface area contributed by atoms with E-state index >= 15 is 0 Å². The third-order valence-corrected chi connectivity index (χ3v) is 6.04. The molecule has 2 aromatic carbocycles. The van der Waals surface area contributed by atoms with Crippen molar-refractivity contribution in [3.05, 3.63) is 75.9 Å². The summed E-state index contributed by atoms with van der Waals surface area (Å²) >= 11 is 6.91. The van der Waals surface area contributed by atoms with Crippen molar-refractivity contribution in [2.24, 2.45) is 0 Å². The minimum absolute atomic E-state index is 0.814. The third kappa shape index (κ3) is 2.65. The Morgan fingerprint density at radius 2 is 1.65 bits per heavy atom. The Balaban J connectivity index is 1.63. The van der Waals surface area contributed by atoms with Crippen LogP contribution < -0.4 is 5.32 Å². The van der Waals surface area contributed by atoms with E-state index in [-0.39, 0.29) is 0 Å². The van der Waals surface area contributed by atoms with Gasteiger partial charge in [-0.25, -0.2) is 0 Å². The van der Waals surface area contributed by atoms with Gasteiger partial charge in [-0.05, 0) is 47.6 Å². The van der Waals surface area contributed by atoms with Crippen LogP contribution in [0.2, 0.25) is 5.02 Å². The van der Waals surface area contributed by atoms with Gasteiger partial charge in [-0.2, -0.15) is 0 Å². The van der Waals surface area contributed by atoms with Gasteiger partial charge in [0.1, 0.15) is 0 Å². The number of nitrogens with one attached hydrogen (secondary N) is 1. The van der Waals surface area contributed by atoms with Gasteiger partial charge in [0.25, 0.3) is 0 Å². The number of benzene rings is 2. The normalized spacial score (nSPS) is 15.6. The molecule has 1 aliphatic carbocycles. The van der Waals surface area contributed by atoms with Gasteiger partial charge in [0.2, 0.25) is 0 Å². The average molecular weight is 361 g/mol. The Bertz CT molecular complexity index is 993. The first-order valence-corrected chi connectivity index (χ1v) is 9.78. The van der Waals surface area contributed by atoms with E-state index in [0.717, 1.165) is 47.8 Å². The Kier molecular flexibility index (Phi) is 4.03. The van der Waals surface area contributed by atoms with Gasteiger partial charge in [0.15, 0.2) is 0 Å². The van der Waals surface area contributed by atoms with E-state index in [2.05, 4.69) is 53.8 Å². The first-order chi connectivity index (χ1) is 12.8. The van der Waals surface area contributed by atoms with E-state index in [1.54, 1.807) is 0 Å². The molecular formula is C23H21ClN2. The Morgan fingerprint density at radius 3 is 2.62 bits per heavy atom. The van der Waals surface area contributed by atoms with Crippen molar-refractivity contribution in [3.8, 4) is 22.4 Å². The molecule has 1 aromatic heterocycles. The van der Waals surface area contributed by atoms with Crippen LogP contribution >= 0.6 is 11.6 Å². The van der Waals surface area contributed by atoms with Gasteiger partial charge in [-0.1, -0.05) is 54.1 Å². The highest BCUT2D eigenvalue weighted by Crippen LogP contribution is 2.40. The minimum atomic E-state index is 0.814. The molecule has 0 saturated heterocycles. The summed E-state index contributed by atoms with van der Waals surface area (Å²) in [7, 11) is 0. The fraction of sp³-hybridized carbons (Fsp3) is 0.261. The van der Waals surface area contributed by atoms with Crippen LogP contribution in [0.25, 0.3) is 22.4 Å². The van der Waals surface area contributed by atoms with Crippen LogP contribution in [0.1, 0.15) is 28.8 Å². The molecule has 0 unspecified atom stereocenters. The summed E-state index contributed by atoms with van der Waals surface area (Å²) in [6.07, 6.45) is 4.55. The monoisotopic (exact) mass is 360 g/mol. The summed E-state index contributed by atoms with van der Waals surface area (Å²) < 4.78 is 0. The number of rotatable bonds is 2. The first-order valence-electron chi connectivity index (χ1n) is 9.41. The Morgan fingerprint density at radius 1 is 0.808 bits per heavy atom. The molecule has 2 nitrogen and oxygen atoms in total. The van der Waals surface area contributed by atoms with E-state index in [4.69, 9.17) is 16.6 Å². The largest absolute Gasteiger partial charge is 0.312 e. The van der Waals surface area contributed by atoms with E-state index in [0.29, 0.717) is 0 Å². The lowest BCUT2D eigenvalue weighted by molar-refractivity contribution is 0.631. The van der Waals surface area contributed by atoms with Crippen molar-refractivity contribution in [1.82, 2.24) is 10.3 Å². The summed E-state index contributed by atoms with van der Waals surface area (Å²) in [5.74, 6) is 0. The van der Waals surface area contributed by atoms with E-state index in [1.165, 1.54) is 40.8 Å². The minimum Gasteiger partial charge on any atom is -0.312 e. The molecule has 0 atom stereocenters. The zero-order valence-electron chi connectivity index (χ0n) is 14.7. The topological polar surface area (TPSA) is 24.9 Å². The summed E-state index contributed by atoms with van der Waals surface area (Å²) in [6, 6.07) is 17.2. The first kappa shape index (κ1) is 16.0. The second kappa shape index (κ2) is 6.53. The van der Waals surface area contributed by atoms with Gasteiger partial charge in [-0.15, -0.1) is 0 Å². The standard InChI is InChI=1S/C23H21ClN2/c24-23-19(18-7-2-5-15-4-1-6-17(15)18)8-3-9-20(23)22-11-10-16-14-25-13-12-21(16)26-22/h2-3,5,7-11,25H,1,4,6,12-14H2. The summed E-state index contributed by atoms with van der Waals surface area (Å²) in [4.78, 5) is 4.93. The third-order valence-electron chi connectivity index (χ3n) is 5.63. The van der Waals surface area contributed by atoms with Crippen LogP contribution in [0.5, 0.6) is 0 Å². The Labute approximate surface area is 159 Å². The van der Waals surface area contributed by atoms with E-state index in [1.807, 2.05) is 0 Å². The molecule has 1 N–H and O–H groups in total. The molecule has 26 heavy (non-hydrogen) atoms. The van der Waals surface area contributed by atoms with Crippen molar-refractivity contribution in [3.63, 3.8) is 0 Å². The number of aromatic nitrogens is 1. The van der Waals surface area contributed by atoms with Gasteiger partial charge < -0.3 is 5.32 Å². The molecule has 0 radical (unpaired) electrons. The lowest BCUT2D eigenvalue weighted by Crippen LogP contribution is -2.24. The molecule has 0 spiro atoms. The number of nitrogens with zero attached hydrogens (tertiary/aromatic N) is 1. The predicted octanol–water partition coefficient (Wildman–Crippen LogP) is 5.20.